The maximum Gasteiger partial charge on any atom is 0.132 e. The standard InChI is InChI=1S/C26H26FN3O.2ClH/c1-31-25-12-10-20(22-11-9-18(16-28)14-23(22)27)15-21(25)17-30-24-8-5-13-29-26(24)19-6-3-2-4-7-19;;/h2-4,6-7,9-12,14-15,24,26,29-30H,5,8,13,17H2,1H3;2*1H/t24-,26-;;/m0../s1. The van der Waals surface area contributed by atoms with Crippen LogP contribution in [0.15, 0.2) is 66.7 Å². The first-order valence-corrected chi connectivity index (χ1v) is 10.6. The summed E-state index contributed by atoms with van der Waals surface area (Å²) in [6.07, 6.45) is 2.20. The number of rotatable bonds is 6. The van der Waals surface area contributed by atoms with Crippen LogP contribution in [0.4, 0.5) is 4.39 Å². The van der Waals surface area contributed by atoms with E-state index in [2.05, 4.69) is 34.9 Å². The monoisotopic (exact) mass is 487 g/mol. The molecular formula is C26H28Cl2FN3O. The van der Waals surface area contributed by atoms with E-state index in [1.54, 1.807) is 19.2 Å². The van der Waals surface area contributed by atoms with Crippen LogP contribution >= 0.6 is 24.8 Å². The lowest BCUT2D eigenvalue weighted by Gasteiger charge is -2.34. The summed E-state index contributed by atoms with van der Waals surface area (Å²) in [7, 11) is 1.65. The van der Waals surface area contributed by atoms with E-state index in [0.29, 0.717) is 17.7 Å². The van der Waals surface area contributed by atoms with Gasteiger partial charge in [0.25, 0.3) is 0 Å². The summed E-state index contributed by atoms with van der Waals surface area (Å²) in [5.74, 6) is 0.370. The molecule has 0 aromatic heterocycles. The highest BCUT2D eigenvalue weighted by atomic mass is 35.5. The number of nitrogens with zero attached hydrogens (tertiary/aromatic N) is 1. The molecule has 0 saturated carbocycles. The van der Waals surface area contributed by atoms with E-state index in [9.17, 15) is 4.39 Å². The molecule has 0 radical (unpaired) electrons. The van der Waals surface area contributed by atoms with E-state index in [-0.39, 0.29) is 36.9 Å². The lowest BCUT2D eigenvalue weighted by atomic mass is 9.92. The lowest BCUT2D eigenvalue weighted by molar-refractivity contribution is 0.303. The predicted molar refractivity (Wildman–Crippen MR) is 135 cm³/mol. The number of piperidine rings is 1. The van der Waals surface area contributed by atoms with Gasteiger partial charge in [-0.15, -0.1) is 24.8 Å². The highest BCUT2D eigenvalue weighted by Gasteiger charge is 2.25. The smallest absolute Gasteiger partial charge is 0.132 e. The quantitative estimate of drug-likeness (QED) is 0.461. The normalized spacial score (nSPS) is 17.2. The summed E-state index contributed by atoms with van der Waals surface area (Å²) >= 11 is 0. The Morgan fingerprint density at radius 1 is 1.09 bits per heavy atom. The van der Waals surface area contributed by atoms with Crippen LogP contribution in [0.25, 0.3) is 11.1 Å². The Morgan fingerprint density at radius 3 is 2.58 bits per heavy atom. The van der Waals surface area contributed by atoms with Gasteiger partial charge in [-0.05, 0) is 54.8 Å². The second-order valence-electron chi connectivity index (χ2n) is 7.81. The number of halogens is 3. The Kier molecular flexibility index (Phi) is 10.1. The SMILES string of the molecule is COc1ccc(-c2ccc(C#N)cc2F)cc1CN[C@H]1CCCN[C@H]1c1ccccc1.Cl.Cl. The zero-order chi connectivity index (χ0) is 21.6. The van der Waals surface area contributed by atoms with Crippen LogP contribution in [0.1, 0.15) is 35.6 Å². The molecule has 0 bridgehead atoms. The maximum absolute atomic E-state index is 14.5. The molecule has 0 aliphatic carbocycles. The molecule has 1 heterocycles. The Balaban J connectivity index is 0.00000193. The number of hydrogen-bond donors (Lipinski definition) is 2. The van der Waals surface area contributed by atoms with E-state index in [1.807, 2.05) is 30.3 Å². The van der Waals surface area contributed by atoms with Crippen molar-refractivity contribution in [3.63, 3.8) is 0 Å². The predicted octanol–water partition coefficient (Wildman–Crippen LogP) is 5.80. The van der Waals surface area contributed by atoms with Gasteiger partial charge in [0, 0.05) is 29.8 Å². The zero-order valence-electron chi connectivity index (χ0n) is 18.4. The van der Waals surface area contributed by atoms with Crippen molar-refractivity contribution in [2.75, 3.05) is 13.7 Å². The third-order valence-electron chi connectivity index (χ3n) is 5.86. The maximum atomic E-state index is 14.5. The second-order valence-corrected chi connectivity index (χ2v) is 7.81. The van der Waals surface area contributed by atoms with Crippen molar-refractivity contribution in [1.29, 1.82) is 5.26 Å². The van der Waals surface area contributed by atoms with Gasteiger partial charge in [-0.2, -0.15) is 5.26 Å². The van der Waals surface area contributed by atoms with Crippen LogP contribution in [-0.2, 0) is 6.54 Å². The third-order valence-corrected chi connectivity index (χ3v) is 5.86. The van der Waals surface area contributed by atoms with Crippen LogP contribution in [0, 0.1) is 17.1 Å². The molecule has 0 amide bonds. The van der Waals surface area contributed by atoms with E-state index in [0.717, 1.165) is 36.3 Å². The zero-order valence-corrected chi connectivity index (χ0v) is 20.0. The van der Waals surface area contributed by atoms with Crippen molar-refractivity contribution in [3.05, 3.63) is 89.2 Å². The van der Waals surface area contributed by atoms with Crippen molar-refractivity contribution in [2.45, 2.75) is 31.5 Å². The average molecular weight is 488 g/mol. The second kappa shape index (κ2) is 12.6. The van der Waals surface area contributed by atoms with E-state index in [4.69, 9.17) is 10.00 Å². The van der Waals surface area contributed by atoms with Gasteiger partial charge in [-0.25, -0.2) is 4.39 Å². The molecule has 3 aromatic rings. The number of ether oxygens (including phenoxy) is 1. The topological polar surface area (TPSA) is 57.1 Å². The molecule has 4 rings (SSSR count). The summed E-state index contributed by atoms with van der Waals surface area (Å²) in [5.41, 5.74) is 3.81. The van der Waals surface area contributed by atoms with Crippen LogP contribution in [0.3, 0.4) is 0 Å². The number of methoxy groups -OCH3 is 1. The minimum absolute atomic E-state index is 0. The summed E-state index contributed by atoms with van der Waals surface area (Å²) < 4.78 is 20.1. The van der Waals surface area contributed by atoms with Gasteiger partial charge >= 0.3 is 0 Å². The Bertz CT molecular complexity index is 1090. The van der Waals surface area contributed by atoms with Gasteiger partial charge in [0.05, 0.1) is 18.7 Å². The van der Waals surface area contributed by atoms with Gasteiger partial charge in [0.1, 0.15) is 11.6 Å². The van der Waals surface area contributed by atoms with Crippen LogP contribution in [0.5, 0.6) is 5.75 Å². The van der Waals surface area contributed by atoms with Crippen molar-refractivity contribution in [2.24, 2.45) is 0 Å². The van der Waals surface area contributed by atoms with Gasteiger partial charge in [0.15, 0.2) is 0 Å². The molecule has 0 unspecified atom stereocenters. The Hall–Kier alpha value is -2.62. The van der Waals surface area contributed by atoms with E-state index < -0.39 is 5.82 Å². The van der Waals surface area contributed by atoms with Crippen molar-refractivity contribution < 1.29 is 9.13 Å². The summed E-state index contributed by atoms with van der Waals surface area (Å²) in [6.45, 7) is 1.62. The van der Waals surface area contributed by atoms with Crippen molar-refractivity contribution in [3.8, 4) is 22.9 Å². The summed E-state index contributed by atoms with van der Waals surface area (Å²) in [4.78, 5) is 0. The van der Waals surface area contributed by atoms with Gasteiger partial charge in [-0.1, -0.05) is 42.5 Å². The van der Waals surface area contributed by atoms with Gasteiger partial charge in [-0.3, -0.25) is 0 Å². The highest BCUT2D eigenvalue weighted by Crippen LogP contribution is 2.30. The Morgan fingerprint density at radius 2 is 1.88 bits per heavy atom. The largest absolute Gasteiger partial charge is 0.496 e. The van der Waals surface area contributed by atoms with E-state index >= 15 is 0 Å². The molecule has 2 N–H and O–H groups in total. The van der Waals surface area contributed by atoms with Gasteiger partial charge in [0.2, 0.25) is 0 Å². The number of nitriles is 1. The molecule has 3 aromatic carbocycles. The molecule has 1 aliphatic rings. The molecule has 174 valence electrons. The summed E-state index contributed by atoms with van der Waals surface area (Å²) in [6, 6.07) is 23.3. The molecule has 1 saturated heterocycles. The highest BCUT2D eigenvalue weighted by molar-refractivity contribution is 5.85. The van der Waals surface area contributed by atoms with Crippen LogP contribution < -0.4 is 15.4 Å². The van der Waals surface area contributed by atoms with E-state index in [1.165, 1.54) is 11.6 Å². The molecular weight excluding hydrogens is 460 g/mol. The van der Waals surface area contributed by atoms with Crippen molar-refractivity contribution >= 4 is 24.8 Å². The number of benzene rings is 3. The average Bonchev–Trinajstić information content (AvgIpc) is 2.83. The first-order chi connectivity index (χ1) is 15.2. The minimum atomic E-state index is -0.399. The fourth-order valence-corrected chi connectivity index (χ4v) is 4.26. The molecule has 1 fully saturated rings. The number of nitrogens with one attached hydrogen (secondary N) is 2. The Labute approximate surface area is 207 Å². The van der Waals surface area contributed by atoms with Gasteiger partial charge < -0.3 is 15.4 Å². The molecule has 33 heavy (non-hydrogen) atoms. The third kappa shape index (κ3) is 6.25. The first-order valence-electron chi connectivity index (χ1n) is 10.6. The molecule has 0 spiro atoms. The number of hydrogen-bond acceptors (Lipinski definition) is 4. The minimum Gasteiger partial charge on any atom is -0.496 e. The molecule has 2 atom stereocenters. The fourth-order valence-electron chi connectivity index (χ4n) is 4.26. The molecule has 4 nitrogen and oxygen atoms in total. The lowest BCUT2D eigenvalue weighted by Crippen LogP contribution is -2.45. The molecule has 7 heteroatoms. The molecule has 1 aliphatic heterocycles. The van der Waals surface area contributed by atoms with Crippen molar-refractivity contribution in [1.82, 2.24) is 10.6 Å². The van der Waals surface area contributed by atoms with Crippen LogP contribution in [0.2, 0.25) is 0 Å². The first kappa shape index (κ1) is 26.6. The van der Waals surface area contributed by atoms with Crippen LogP contribution in [-0.4, -0.2) is 19.7 Å². The fraction of sp³-hybridized carbons (Fsp3) is 0.269. The summed E-state index contributed by atoms with van der Waals surface area (Å²) in [5, 5.41) is 16.3.